The van der Waals surface area contributed by atoms with E-state index in [1.165, 1.54) is 16.2 Å². The van der Waals surface area contributed by atoms with Gasteiger partial charge in [0.1, 0.15) is 17.7 Å². The molecule has 0 atom stereocenters. The third kappa shape index (κ3) is 4.65. The molecule has 9 heteroatoms. The van der Waals surface area contributed by atoms with E-state index in [9.17, 15) is 14.9 Å². The fraction of sp³-hybridized carbons (Fsp3) is 0.368. The number of pyridine rings is 1. The van der Waals surface area contributed by atoms with E-state index in [1.807, 2.05) is 18.2 Å². The second-order valence-electron chi connectivity index (χ2n) is 6.20. The average Bonchev–Trinajstić information content (AvgIpc) is 3.07. The Bertz CT molecular complexity index is 891. The van der Waals surface area contributed by atoms with Crippen molar-refractivity contribution in [2.24, 2.45) is 0 Å². The SMILES string of the molecule is N#Cc1c(NC(=O)CCc2ccccn2)sc2c1CCN(C(=O)OCCO)C2. The first-order valence-corrected chi connectivity index (χ1v) is 9.71. The summed E-state index contributed by atoms with van der Waals surface area (Å²) in [6, 6.07) is 7.74. The van der Waals surface area contributed by atoms with Crippen molar-refractivity contribution in [2.45, 2.75) is 25.8 Å². The average molecular weight is 400 g/mol. The van der Waals surface area contributed by atoms with Crippen LogP contribution in [-0.2, 0) is 28.9 Å². The van der Waals surface area contributed by atoms with Crippen LogP contribution in [0.5, 0.6) is 0 Å². The molecule has 2 aromatic rings. The van der Waals surface area contributed by atoms with Crippen molar-refractivity contribution in [1.82, 2.24) is 9.88 Å². The fourth-order valence-corrected chi connectivity index (χ4v) is 4.20. The number of carbonyl (C=O) groups is 2. The van der Waals surface area contributed by atoms with Gasteiger partial charge in [-0.2, -0.15) is 5.26 Å². The van der Waals surface area contributed by atoms with Crippen molar-refractivity contribution in [2.75, 3.05) is 25.1 Å². The maximum absolute atomic E-state index is 12.3. The lowest BCUT2D eigenvalue weighted by atomic mass is 10.0. The first-order chi connectivity index (χ1) is 13.6. The Labute approximate surface area is 166 Å². The van der Waals surface area contributed by atoms with E-state index in [4.69, 9.17) is 9.84 Å². The lowest BCUT2D eigenvalue weighted by Crippen LogP contribution is -2.36. The zero-order valence-corrected chi connectivity index (χ0v) is 16.0. The monoisotopic (exact) mass is 400 g/mol. The first kappa shape index (κ1) is 19.8. The summed E-state index contributed by atoms with van der Waals surface area (Å²) in [5.74, 6) is -0.181. The molecule has 1 aliphatic rings. The predicted octanol–water partition coefficient (Wildman–Crippen LogP) is 2.07. The molecule has 28 heavy (non-hydrogen) atoms. The van der Waals surface area contributed by atoms with Crippen molar-refractivity contribution in [1.29, 1.82) is 5.26 Å². The minimum absolute atomic E-state index is 0.0480. The van der Waals surface area contributed by atoms with E-state index >= 15 is 0 Å². The molecule has 0 bridgehead atoms. The van der Waals surface area contributed by atoms with Crippen LogP contribution < -0.4 is 5.32 Å². The van der Waals surface area contributed by atoms with Crippen molar-refractivity contribution in [3.8, 4) is 6.07 Å². The number of anilines is 1. The molecule has 3 rings (SSSR count). The van der Waals surface area contributed by atoms with Gasteiger partial charge in [0.25, 0.3) is 0 Å². The Kier molecular flexibility index (Phi) is 6.57. The summed E-state index contributed by atoms with van der Waals surface area (Å²) >= 11 is 1.31. The number of nitriles is 1. The summed E-state index contributed by atoms with van der Waals surface area (Å²) in [6.07, 6.45) is 2.50. The van der Waals surface area contributed by atoms with Crippen molar-refractivity contribution >= 4 is 28.3 Å². The number of fused-ring (bicyclic) bond motifs is 1. The topological polar surface area (TPSA) is 116 Å². The van der Waals surface area contributed by atoms with Crippen molar-refractivity contribution in [3.63, 3.8) is 0 Å². The number of hydrogen-bond acceptors (Lipinski definition) is 7. The summed E-state index contributed by atoms with van der Waals surface area (Å²) in [7, 11) is 0. The van der Waals surface area contributed by atoms with Crippen LogP contribution in [0.1, 0.15) is 28.1 Å². The van der Waals surface area contributed by atoms with Gasteiger partial charge in [-0.25, -0.2) is 4.79 Å². The molecule has 0 radical (unpaired) electrons. The number of aryl methyl sites for hydroxylation is 1. The van der Waals surface area contributed by atoms with E-state index < -0.39 is 6.09 Å². The molecule has 2 amide bonds. The van der Waals surface area contributed by atoms with Crippen LogP contribution in [-0.4, -0.2) is 46.7 Å². The number of thiophene rings is 1. The molecule has 0 spiro atoms. The van der Waals surface area contributed by atoms with Gasteiger partial charge in [-0.15, -0.1) is 11.3 Å². The van der Waals surface area contributed by atoms with Gasteiger partial charge in [0.05, 0.1) is 18.7 Å². The molecular formula is C19H20N4O4S. The Morgan fingerprint density at radius 1 is 1.43 bits per heavy atom. The number of amides is 2. The zero-order chi connectivity index (χ0) is 19.9. The standard InChI is InChI=1S/C19H20N4O4S/c20-11-15-14-6-8-23(19(26)27-10-9-24)12-16(14)28-18(15)22-17(25)5-4-13-3-1-2-7-21-13/h1-3,7,24H,4-6,8-10,12H2,(H,22,25). The van der Waals surface area contributed by atoms with Crippen molar-refractivity contribution < 1.29 is 19.4 Å². The van der Waals surface area contributed by atoms with Gasteiger partial charge >= 0.3 is 6.09 Å². The summed E-state index contributed by atoms with van der Waals surface area (Å²) in [5, 5.41) is 21.7. The van der Waals surface area contributed by atoms with Gasteiger partial charge in [-0.3, -0.25) is 9.78 Å². The first-order valence-electron chi connectivity index (χ1n) is 8.89. The highest BCUT2D eigenvalue weighted by atomic mass is 32.1. The van der Waals surface area contributed by atoms with Gasteiger partial charge in [0, 0.05) is 29.7 Å². The van der Waals surface area contributed by atoms with Gasteiger partial charge < -0.3 is 20.1 Å². The van der Waals surface area contributed by atoms with E-state index in [-0.39, 0.29) is 25.5 Å². The highest BCUT2D eigenvalue weighted by molar-refractivity contribution is 7.16. The number of aliphatic hydroxyl groups is 1. The lowest BCUT2D eigenvalue weighted by Gasteiger charge is -2.26. The molecular weight excluding hydrogens is 380 g/mol. The molecule has 2 aromatic heterocycles. The van der Waals surface area contributed by atoms with E-state index in [0.29, 0.717) is 36.5 Å². The summed E-state index contributed by atoms with van der Waals surface area (Å²) in [4.78, 5) is 30.9. The number of carbonyl (C=O) groups excluding carboxylic acids is 2. The van der Waals surface area contributed by atoms with Crippen molar-refractivity contribution in [3.05, 3.63) is 46.1 Å². The smallest absolute Gasteiger partial charge is 0.410 e. The molecule has 2 N–H and O–H groups in total. The Balaban J connectivity index is 1.65. The van der Waals surface area contributed by atoms with Crippen LogP contribution in [0, 0.1) is 11.3 Å². The second-order valence-corrected chi connectivity index (χ2v) is 7.30. The van der Waals surface area contributed by atoms with Gasteiger partial charge in [-0.05, 0) is 30.5 Å². The highest BCUT2D eigenvalue weighted by Crippen LogP contribution is 2.36. The molecule has 0 saturated heterocycles. The molecule has 0 fully saturated rings. The van der Waals surface area contributed by atoms with E-state index in [1.54, 1.807) is 6.20 Å². The Morgan fingerprint density at radius 2 is 2.29 bits per heavy atom. The lowest BCUT2D eigenvalue weighted by molar-refractivity contribution is -0.116. The van der Waals surface area contributed by atoms with E-state index in [0.717, 1.165) is 16.1 Å². The van der Waals surface area contributed by atoms with Gasteiger partial charge in [0.2, 0.25) is 5.91 Å². The maximum Gasteiger partial charge on any atom is 0.410 e. The largest absolute Gasteiger partial charge is 0.447 e. The third-order valence-corrected chi connectivity index (χ3v) is 5.46. The number of nitrogens with zero attached hydrogens (tertiary/aromatic N) is 3. The summed E-state index contributed by atoms with van der Waals surface area (Å²) < 4.78 is 4.95. The molecule has 0 aromatic carbocycles. The fourth-order valence-electron chi connectivity index (χ4n) is 2.97. The van der Waals surface area contributed by atoms with Gasteiger partial charge in [0.15, 0.2) is 0 Å². The summed E-state index contributed by atoms with van der Waals surface area (Å²) in [5.41, 5.74) is 2.17. The van der Waals surface area contributed by atoms with Crippen LogP contribution in [0.25, 0.3) is 0 Å². The predicted molar refractivity (Wildman–Crippen MR) is 103 cm³/mol. The molecule has 1 aliphatic heterocycles. The summed E-state index contributed by atoms with van der Waals surface area (Å²) in [6.45, 7) is 0.475. The number of rotatable bonds is 6. The minimum atomic E-state index is -0.493. The molecule has 0 aliphatic carbocycles. The normalized spacial score (nSPS) is 12.8. The van der Waals surface area contributed by atoms with Gasteiger partial charge in [-0.1, -0.05) is 6.07 Å². The van der Waals surface area contributed by atoms with Crippen LogP contribution >= 0.6 is 11.3 Å². The maximum atomic E-state index is 12.3. The quantitative estimate of drug-likeness (QED) is 0.767. The van der Waals surface area contributed by atoms with E-state index in [2.05, 4.69) is 16.4 Å². The molecule has 146 valence electrons. The number of nitrogens with one attached hydrogen (secondary N) is 1. The Hall–Kier alpha value is -2.96. The zero-order valence-electron chi connectivity index (χ0n) is 15.2. The van der Waals surface area contributed by atoms with Crippen LogP contribution in [0.15, 0.2) is 24.4 Å². The molecule has 8 nitrogen and oxygen atoms in total. The number of ether oxygens (including phenoxy) is 1. The molecule has 0 unspecified atom stereocenters. The molecule has 0 saturated carbocycles. The third-order valence-electron chi connectivity index (χ3n) is 4.33. The van der Waals surface area contributed by atoms with Crippen LogP contribution in [0.3, 0.4) is 0 Å². The Morgan fingerprint density at radius 3 is 3.00 bits per heavy atom. The van der Waals surface area contributed by atoms with Crippen LogP contribution in [0.2, 0.25) is 0 Å². The number of aromatic nitrogens is 1. The number of aliphatic hydroxyl groups excluding tert-OH is 1. The minimum Gasteiger partial charge on any atom is -0.447 e. The molecule has 3 heterocycles. The number of hydrogen-bond donors (Lipinski definition) is 2. The van der Waals surface area contributed by atoms with Crippen LogP contribution in [0.4, 0.5) is 9.80 Å². The second kappa shape index (κ2) is 9.30. The highest BCUT2D eigenvalue weighted by Gasteiger charge is 2.28.